The van der Waals surface area contributed by atoms with Gasteiger partial charge in [-0.05, 0) is 26.7 Å². The van der Waals surface area contributed by atoms with Crippen LogP contribution in [0.1, 0.15) is 26.7 Å². The Morgan fingerprint density at radius 3 is 2.55 bits per heavy atom. The van der Waals surface area contributed by atoms with Gasteiger partial charge in [-0.15, -0.1) is 0 Å². The Balaban J connectivity index is 2.75. The summed E-state index contributed by atoms with van der Waals surface area (Å²) in [5.41, 5.74) is 0. The lowest BCUT2D eigenvalue weighted by Gasteiger charge is -2.19. The van der Waals surface area contributed by atoms with Crippen molar-refractivity contribution >= 4 is 10.0 Å². The molecule has 1 heterocycles. The van der Waals surface area contributed by atoms with Crippen LogP contribution >= 0.6 is 0 Å². The predicted octanol–water partition coefficient (Wildman–Crippen LogP) is 0.820. The molecule has 11 heavy (non-hydrogen) atoms. The molecule has 0 amide bonds. The normalized spacial score (nSPS) is 27.6. The van der Waals surface area contributed by atoms with E-state index >= 15 is 0 Å². The quantitative estimate of drug-likeness (QED) is 0.626. The van der Waals surface area contributed by atoms with Crippen LogP contribution in [0, 0.1) is 0 Å². The highest BCUT2D eigenvalue weighted by Crippen LogP contribution is 2.20. The molecule has 0 aromatic heterocycles. The van der Waals surface area contributed by atoms with Crippen LogP contribution in [0.3, 0.4) is 0 Å². The summed E-state index contributed by atoms with van der Waals surface area (Å²) in [4.78, 5) is 0. The van der Waals surface area contributed by atoms with E-state index in [4.69, 9.17) is 0 Å². The van der Waals surface area contributed by atoms with Crippen LogP contribution in [0.5, 0.6) is 0 Å². The predicted molar refractivity (Wildman–Crippen MR) is 44.9 cm³/mol. The van der Waals surface area contributed by atoms with Crippen molar-refractivity contribution in [3.8, 4) is 0 Å². The van der Waals surface area contributed by atoms with Crippen molar-refractivity contribution in [2.75, 3.05) is 12.3 Å². The van der Waals surface area contributed by atoms with Crippen LogP contribution in [-0.4, -0.2) is 31.1 Å². The molecular weight excluding hydrogens is 162 g/mol. The van der Waals surface area contributed by atoms with Gasteiger partial charge in [0.2, 0.25) is 10.0 Å². The first-order valence-corrected chi connectivity index (χ1v) is 5.68. The van der Waals surface area contributed by atoms with Gasteiger partial charge in [-0.25, -0.2) is 8.42 Å². The van der Waals surface area contributed by atoms with E-state index in [1.54, 1.807) is 11.2 Å². The Labute approximate surface area is 68.4 Å². The summed E-state index contributed by atoms with van der Waals surface area (Å²) in [6, 6.07) is 0.222. The van der Waals surface area contributed by atoms with Gasteiger partial charge >= 0.3 is 0 Å². The fraction of sp³-hybridized carbons (Fsp3) is 1.00. The summed E-state index contributed by atoms with van der Waals surface area (Å²) in [6.45, 7) is 4.39. The van der Waals surface area contributed by atoms with Gasteiger partial charge in [0.15, 0.2) is 0 Å². The first-order valence-electron chi connectivity index (χ1n) is 4.07. The zero-order valence-electron chi connectivity index (χ0n) is 7.08. The molecule has 4 heteroatoms. The molecule has 0 spiro atoms. The summed E-state index contributed by atoms with van der Waals surface area (Å²) < 4.78 is 24.3. The van der Waals surface area contributed by atoms with Gasteiger partial charge in [-0.2, -0.15) is 4.31 Å². The standard InChI is InChI=1S/C7H15NO2S/c1-3-11(9,10)8-6-4-5-7(8)2/h7H,3-6H2,1-2H3. The molecule has 0 bridgehead atoms. The summed E-state index contributed by atoms with van der Waals surface area (Å²) in [7, 11) is -2.91. The van der Waals surface area contributed by atoms with Crippen molar-refractivity contribution < 1.29 is 8.42 Å². The van der Waals surface area contributed by atoms with Crippen LogP contribution in [-0.2, 0) is 10.0 Å². The second kappa shape index (κ2) is 3.11. The lowest BCUT2D eigenvalue weighted by molar-refractivity contribution is 0.409. The van der Waals surface area contributed by atoms with Gasteiger partial charge in [0.1, 0.15) is 0 Å². The molecule has 0 N–H and O–H groups in total. The van der Waals surface area contributed by atoms with E-state index in [0.29, 0.717) is 0 Å². The maximum atomic E-state index is 11.3. The van der Waals surface area contributed by atoms with Crippen LogP contribution in [0.2, 0.25) is 0 Å². The molecule has 3 nitrogen and oxygen atoms in total. The van der Waals surface area contributed by atoms with E-state index in [2.05, 4.69) is 0 Å². The molecular formula is C7H15NO2S. The molecule has 0 aromatic rings. The van der Waals surface area contributed by atoms with Crippen molar-refractivity contribution in [1.29, 1.82) is 0 Å². The topological polar surface area (TPSA) is 37.4 Å². The van der Waals surface area contributed by atoms with E-state index < -0.39 is 10.0 Å². The highest BCUT2D eigenvalue weighted by Gasteiger charge is 2.29. The Bertz CT molecular complexity index is 223. The van der Waals surface area contributed by atoms with Gasteiger partial charge < -0.3 is 0 Å². The maximum Gasteiger partial charge on any atom is 0.214 e. The minimum absolute atomic E-state index is 0.222. The van der Waals surface area contributed by atoms with E-state index in [9.17, 15) is 8.42 Å². The number of rotatable bonds is 2. The Morgan fingerprint density at radius 1 is 1.55 bits per heavy atom. The number of sulfonamides is 1. The van der Waals surface area contributed by atoms with Crippen molar-refractivity contribution in [2.24, 2.45) is 0 Å². The molecule has 0 aromatic carbocycles. The molecule has 1 aliphatic heterocycles. The monoisotopic (exact) mass is 177 g/mol. The molecule has 1 atom stereocenters. The van der Waals surface area contributed by atoms with Crippen LogP contribution < -0.4 is 0 Å². The van der Waals surface area contributed by atoms with Crippen LogP contribution in [0.25, 0.3) is 0 Å². The van der Waals surface area contributed by atoms with E-state index in [-0.39, 0.29) is 11.8 Å². The fourth-order valence-corrected chi connectivity index (χ4v) is 2.88. The molecule has 0 radical (unpaired) electrons. The third-order valence-electron chi connectivity index (χ3n) is 2.21. The van der Waals surface area contributed by atoms with Gasteiger partial charge in [0, 0.05) is 12.6 Å². The molecule has 0 saturated carbocycles. The van der Waals surface area contributed by atoms with Gasteiger partial charge in [0.25, 0.3) is 0 Å². The Kier molecular flexibility index (Phi) is 2.54. The molecule has 1 rings (SSSR count). The van der Waals surface area contributed by atoms with Crippen LogP contribution in [0.15, 0.2) is 0 Å². The summed E-state index contributed by atoms with van der Waals surface area (Å²) in [6.07, 6.45) is 2.03. The second-order valence-corrected chi connectivity index (χ2v) is 5.21. The van der Waals surface area contributed by atoms with Gasteiger partial charge in [-0.3, -0.25) is 0 Å². The molecule has 0 aliphatic carbocycles. The summed E-state index contributed by atoms with van der Waals surface area (Å²) >= 11 is 0. The first-order chi connectivity index (χ1) is 5.08. The SMILES string of the molecule is CCS(=O)(=O)N1CCCC1C. The number of nitrogens with zero attached hydrogens (tertiary/aromatic N) is 1. The molecule has 1 fully saturated rings. The average Bonchev–Trinajstić information content (AvgIpc) is 2.36. The summed E-state index contributed by atoms with van der Waals surface area (Å²) in [5.74, 6) is 0.233. The number of hydrogen-bond donors (Lipinski definition) is 0. The largest absolute Gasteiger partial charge is 0.214 e. The minimum Gasteiger partial charge on any atom is -0.212 e. The minimum atomic E-state index is -2.91. The third kappa shape index (κ3) is 1.73. The maximum absolute atomic E-state index is 11.3. The van der Waals surface area contributed by atoms with Crippen molar-refractivity contribution in [3.63, 3.8) is 0 Å². The summed E-state index contributed by atoms with van der Waals surface area (Å²) in [5, 5.41) is 0. The molecule has 66 valence electrons. The zero-order chi connectivity index (χ0) is 8.48. The molecule has 1 unspecified atom stereocenters. The van der Waals surface area contributed by atoms with Crippen molar-refractivity contribution in [2.45, 2.75) is 32.7 Å². The molecule has 1 aliphatic rings. The van der Waals surface area contributed by atoms with E-state index in [0.717, 1.165) is 19.4 Å². The Hall–Kier alpha value is -0.0900. The Morgan fingerprint density at radius 2 is 2.18 bits per heavy atom. The van der Waals surface area contributed by atoms with Crippen molar-refractivity contribution in [3.05, 3.63) is 0 Å². The third-order valence-corrected chi connectivity index (χ3v) is 4.20. The first kappa shape index (κ1) is 9.00. The smallest absolute Gasteiger partial charge is 0.212 e. The van der Waals surface area contributed by atoms with E-state index in [1.807, 2.05) is 6.92 Å². The fourth-order valence-electron chi connectivity index (χ4n) is 1.49. The second-order valence-electron chi connectivity index (χ2n) is 3.00. The highest BCUT2D eigenvalue weighted by atomic mass is 32.2. The van der Waals surface area contributed by atoms with E-state index in [1.165, 1.54) is 0 Å². The zero-order valence-corrected chi connectivity index (χ0v) is 7.89. The van der Waals surface area contributed by atoms with Gasteiger partial charge in [0.05, 0.1) is 5.75 Å². The average molecular weight is 177 g/mol. The highest BCUT2D eigenvalue weighted by molar-refractivity contribution is 7.89. The lowest BCUT2D eigenvalue weighted by Crippen LogP contribution is -2.34. The lowest BCUT2D eigenvalue weighted by atomic mass is 10.3. The van der Waals surface area contributed by atoms with Crippen LogP contribution in [0.4, 0.5) is 0 Å². The van der Waals surface area contributed by atoms with Crippen molar-refractivity contribution in [1.82, 2.24) is 4.31 Å². The molecule has 1 saturated heterocycles. The van der Waals surface area contributed by atoms with Gasteiger partial charge in [-0.1, -0.05) is 0 Å². The number of hydrogen-bond acceptors (Lipinski definition) is 2.